The molecule has 0 bridgehead atoms. The Labute approximate surface area is 194 Å². The van der Waals surface area contributed by atoms with Crippen LogP contribution >= 0.6 is 0 Å². The maximum atomic E-state index is 12.8. The monoisotopic (exact) mass is 445 g/mol. The van der Waals surface area contributed by atoms with Crippen molar-refractivity contribution in [2.24, 2.45) is 5.92 Å². The van der Waals surface area contributed by atoms with E-state index < -0.39 is 0 Å². The molecule has 0 radical (unpaired) electrons. The second kappa shape index (κ2) is 9.89. The zero-order chi connectivity index (χ0) is 22.6. The number of anilines is 1. The molecule has 172 valence electrons. The molecule has 1 amide bonds. The van der Waals surface area contributed by atoms with Crippen LogP contribution in [-0.4, -0.2) is 36.8 Å². The van der Waals surface area contributed by atoms with Gasteiger partial charge in [0.2, 0.25) is 0 Å². The quantitative estimate of drug-likeness (QED) is 0.492. The van der Waals surface area contributed by atoms with E-state index in [1.807, 2.05) is 37.4 Å². The Kier molecular flexibility index (Phi) is 6.55. The van der Waals surface area contributed by atoms with Crippen molar-refractivity contribution in [1.82, 2.24) is 10.3 Å². The third kappa shape index (κ3) is 5.52. The van der Waals surface area contributed by atoms with Crippen LogP contribution in [0.1, 0.15) is 47.2 Å². The molecular weight excluding hydrogens is 414 g/mol. The van der Waals surface area contributed by atoms with Crippen molar-refractivity contribution in [1.29, 1.82) is 0 Å². The summed E-state index contributed by atoms with van der Waals surface area (Å²) in [5.41, 5.74) is 4.43. The Morgan fingerprint density at radius 2 is 2.00 bits per heavy atom. The van der Waals surface area contributed by atoms with Crippen LogP contribution in [0.25, 0.3) is 10.9 Å². The van der Waals surface area contributed by atoms with E-state index in [1.54, 1.807) is 12.1 Å². The largest absolute Gasteiger partial charge is 0.491 e. The van der Waals surface area contributed by atoms with Crippen LogP contribution in [0.5, 0.6) is 5.75 Å². The lowest BCUT2D eigenvalue weighted by Gasteiger charge is -2.13. The molecule has 1 saturated heterocycles. The summed E-state index contributed by atoms with van der Waals surface area (Å²) in [4.78, 5) is 17.5. The molecule has 2 N–H and O–H groups in total. The third-order valence-electron chi connectivity index (χ3n) is 6.45. The molecule has 1 aliphatic carbocycles. The van der Waals surface area contributed by atoms with Crippen LogP contribution in [0, 0.1) is 12.8 Å². The van der Waals surface area contributed by atoms with E-state index in [0.29, 0.717) is 12.2 Å². The number of rotatable bonds is 9. The minimum absolute atomic E-state index is 0.149. The average Bonchev–Trinajstić information content (AvgIpc) is 3.51. The highest BCUT2D eigenvalue weighted by Gasteiger charge is 2.20. The Hall–Kier alpha value is -2.96. The first kappa shape index (κ1) is 21.9. The predicted molar refractivity (Wildman–Crippen MR) is 130 cm³/mol. The van der Waals surface area contributed by atoms with E-state index in [-0.39, 0.29) is 12.0 Å². The molecule has 2 aliphatic rings. The van der Waals surface area contributed by atoms with Crippen LogP contribution in [0.3, 0.4) is 0 Å². The van der Waals surface area contributed by atoms with Gasteiger partial charge in [0.1, 0.15) is 12.4 Å². The molecule has 33 heavy (non-hydrogen) atoms. The summed E-state index contributed by atoms with van der Waals surface area (Å²) < 4.78 is 11.4. The molecule has 6 heteroatoms. The van der Waals surface area contributed by atoms with Gasteiger partial charge in [-0.1, -0.05) is 6.07 Å². The smallest absolute Gasteiger partial charge is 0.255 e. The Morgan fingerprint density at radius 1 is 1.15 bits per heavy atom. The van der Waals surface area contributed by atoms with E-state index in [4.69, 9.17) is 9.47 Å². The zero-order valence-electron chi connectivity index (χ0n) is 19.1. The molecule has 6 nitrogen and oxygen atoms in total. The molecule has 1 saturated carbocycles. The number of hydrogen-bond donors (Lipinski definition) is 2. The summed E-state index contributed by atoms with van der Waals surface area (Å²) in [6.45, 7) is 5.29. The molecule has 2 fully saturated rings. The van der Waals surface area contributed by atoms with Crippen molar-refractivity contribution < 1.29 is 14.3 Å². The highest BCUT2D eigenvalue weighted by molar-refractivity contribution is 6.06. The zero-order valence-corrected chi connectivity index (χ0v) is 19.1. The minimum atomic E-state index is -0.149. The van der Waals surface area contributed by atoms with Gasteiger partial charge in [-0.2, -0.15) is 0 Å². The number of nitrogens with zero attached hydrogens (tertiary/aromatic N) is 1. The number of nitrogens with one attached hydrogen (secondary N) is 2. The van der Waals surface area contributed by atoms with Crippen LogP contribution in [0.2, 0.25) is 0 Å². The van der Waals surface area contributed by atoms with Crippen molar-refractivity contribution in [3.05, 3.63) is 65.4 Å². The van der Waals surface area contributed by atoms with Gasteiger partial charge in [0.05, 0.1) is 11.6 Å². The number of hydrogen-bond acceptors (Lipinski definition) is 5. The molecule has 1 aromatic heterocycles. The molecule has 2 heterocycles. The van der Waals surface area contributed by atoms with Gasteiger partial charge in [0.25, 0.3) is 5.91 Å². The van der Waals surface area contributed by atoms with Gasteiger partial charge in [-0.3, -0.25) is 9.78 Å². The standard InChI is InChI=1S/C27H31N3O3/c1-18-25(11-8-22-13-20(16-29-26(18)22)15-28-14-19-4-5-19)30-27(31)21-6-9-23(10-7-21)33-17-24-3-2-12-32-24/h6-11,13,16,19,24,28H,2-5,12,14-15,17H2,1H3,(H,30,31). The number of aromatic nitrogens is 1. The second-order valence-corrected chi connectivity index (χ2v) is 9.15. The molecule has 5 rings (SSSR count). The molecule has 3 aromatic rings. The summed E-state index contributed by atoms with van der Waals surface area (Å²) in [7, 11) is 0. The third-order valence-corrected chi connectivity index (χ3v) is 6.45. The van der Waals surface area contributed by atoms with Gasteiger partial charge in [-0.25, -0.2) is 0 Å². The van der Waals surface area contributed by atoms with Gasteiger partial charge in [0.15, 0.2) is 0 Å². The Morgan fingerprint density at radius 3 is 2.76 bits per heavy atom. The molecule has 1 aliphatic heterocycles. The number of amides is 1. The highest BCUT2D eigenvalue weighted by Crippen LogP contribution is 2.28. The maximum Gasteiger partial charge on any atom is 0.255 e. The Bertz CT molecular complexity index is 1120. The summed E-state index contributed by atoms with van der Waals surface area (Å²) in [6.07, 6.45) is 6.94. The fourth-order valence-electron chi connectivity index (χ4n) is 4.23. The highest BCUT2D eigenvalue weighted by atomic mass is 16.5. The van der Waals surface area contributed by atoms with Crippen LogP contribution in [0.4, 0.5) is 5.69 Å². The van der Waals surface area contributed by atoms with Gasteiger partial charge in [-0.05, 0) is 92.6 Å². The lowest BCUT2D eigenvalue weighted by atomic mass is 10.1. The maximum absolute atomic E-state index is 12.8. The number of aryl methyl sites for hydroxylation is 1. The van der Waals surface area contributed by atoms with Gasteiger partial charge < -0.3 is 20.1 Å². The number of ether oxygens (including phenoxy) is 2. The average molecular weight is 446 g/mol. The van der Waals surface area contributed by atoms with Crippen molar-refractivity contribution in [2.75, 3.05) is 25.1 Å². The van der Waals surface area contributed by atoms with E-state index in [2.05, 4.69) is 21.7 Å². The van der Waals surface area contributed by atoms with Crippen LogP contribution in [0.15, 0.2) is 48.7 Å². The van der Waals surface area contributed by atoms with E-state index in [1.165, 1.54) is 18.4 Å². The number of carbonyl (C=O) groups is 1. The lowest BCUT2D eigenvalue weighted by Crippen LogP contribution is -2.16. The van der Waals surface area contributed by atoms with Crippen LogP contribution in [-0.2, 0) is 11.3 Å². The fraction of sp³-hybridized carbons (Fsp3) is 0.407. The van der Waals surface area contributed by atoms with Crippen LogP contribution < -0.4 is 15.4 Å². The molecule has 1 atom stereocenters. The van der Waals surface area contributed by atoms with E-state index in [0.717, 1.165) is 66.4 Å². The van der Waals surface area contributed by atoms with Crippen molar-refractivity contribution >= 4 is 22.5 Å². The number of carbonyl (C=O) groups excluding carboxylic acids is 1. The number of benzene rings is 2. The first-order valence-electron chi connectivity index (χ1n) is 11.9. The second-order valence-electron chi connectivity index (χ2n) is 9.15. The summed E-state index contributed by atoms with van der Waals surface area (Å²) >= 11 is 0. The van der Waals surface area contributed by atoms with E-state index in [9.17, 15) is 4.79 Å². The normalized spacial score (nSPS) is 17.9. The van der Waals surface area contributed by atoms with Gasteiger partial charge in [-0.15, -0.1) is 0 Å². The first-order valence-corrected chi connectivity index (χ1v) is 11.9. The lowest BCUT2D eigenvalue weighted by molar-refractivity contribution is 0.0679. The van der Waals surface area contributed by atoms with E-state index >= 15 is 0 Å². The SMILES string of the molecule is Cc1c(NC(=O)c2ccc(OCC3CCCO3)cc2)ccc2cc(CNCC3CC3)cnc12. The predicted octanol–water partition coefficient (Wildman–Crippen LogP) is 4.85. The van der Waals surface area contributed by atoms with Crippen molar-refractivity contribution in [3.8, 4) is 5.75 Å². The topological polar surface area (TPSA) is 72.5 Å². The Balaban J connectivity index is 1.21. The van der Waals surface area contributed by atoms with Crippen molar-refractivity contribution in [2.45, 2.75) is 45.3 Å². The summed E-state index contributed by atoms with van der Waals surface area (Å²) in [5, 5.41) is 7.63. The molecular formula is C27H31N3O3. The number of fused-ring (bicyclic) bond motifs is 1. The summed E-state index contributed by atoms with van der Waals surface area (Å²) in [5.74, 6) is 1.46. The molecule has 1 unspecified atom stereocenters. The number of pyridine rings is 1. The minimum Gasteiger partial charge on any atom is -0.491 e. The molecule has 2 aromatic carbocycles. The van der Waals surface area contributed by atoms with Crippen molar-refractivity contribution in [3.63, 3.8) is 0 Å². The molecule has 0 spiro atoms. The van der Waals surface area contributed by atoms with Gasteiger partial charge >= 0.3 is 0 Å². The summed E-state index contributed by atoms with van der Waals surface area (Å²) in [6, 6.07) is 13.4. The first-order chi connectivity index (χ1) is 16.2. The fourth-order valence-corrected chi connectivity index (χ4v) is 4.23. The van der Waals surface area contributed by atoms with Gasteiger partial charge in [0, 0.05) is 36.0 Å².